The molecule has 3 rings (SSSR count). The maximum Gasteiger partial charge on any atom is 0.418 e. The molecule has 0 saturated carbocycles. The van der Waals surface area contributed by atoms with Gasteiger partial charge in [0.15, 0.2) is 0 Å². The predicted molar refractivity (Wildman–Crippen MR) is 132 cm³/mol. The highest BCUT2D eigenvalue weighted by molar-refractivity contribution is 7.21. The summed E-state index contributed by atoms with van der Waals surface area (Å²) in [5.41, 5.74) is 26.2. The highest BCUT2D eigenvalue weighted by atomic mass is 32.1. The molecule has 2 heterocycles. The molecular weight excluding hydrogens is 471 g/mol. The van der Waals surface area contributed by atoms with Crippen molar-refractivity contribution >= 4 is 38.8 Å². The number of rotatable bonds is 2. The number of halogens is 3. The number of para-hydroxylation sites is 1. The minimum absolute atomic E-state index is 0.146. The van der Waals surface area contributed by atoms with Gasteiger partial charge < -0.3 is 11.1 Å². The van der Waals surface area contributed by atoms with E-state index in [0.29, 0.717) is 10.2 Å². The van der Waals surface area contributed by atoms with Crippen molar-refractivity contribution in [2.75, 3.05) is 11.1 Å². The van der Waals surface area contributed by atoms with Gasteiger partial charge in [0.25, 0.3) is 5.91 Å². The Bertz CT molecular complexity index is 1540. The van der Waals surface area contributed by atoms with E-state index < -0.39 is 17.6 Å². The van der Waals surface area contributed by atoms with Crippen LogP contribution in [0.25, 0.3) is 10.2 Å². The van der Waals surface area contributed by atoms with Crippen LogP contribution in [0.3, 0.4) is 0 Å². The Morgan fingerprint density at radius 3 is 2.17 bits per heavy atom. The lowest BCUT2D eigenvalue weighted by Gasteiger charge is -2.13. The zero-order valence-electron chi connectivity index (χ0n) is 18.8. The molecule has 8 heteroatoms. The second-order valence-corrected chi connectivity index (χ2v) is 7.71. The molecule has 3 N–H and O–H groups in total. The molecule has 174 valence electrons. The van der Waals surface area contributed by atoms with Gasteiger partial charge in [0.05, 0.1) is 16.9 Å². The molecular formula is C27H18F3N3OS. The van der Waals surface area contributed by atoms with Gasteiger partial charge in [-0.15, -0.1) is 11.3 Å². The predicted octanol–water partition coefficient (Wildman–Crippen LogP) is 6.81. The first-order valence-corrected chi connectivity index (χ1v) is 10.6. The number of aryl methyl sites for hydroxylation is 2. The highest BCUT2D eigenvalue weighted by Gasteiger charge is 2.34. The second-order valence-electron chi connectivity index (χ2n) is 6.71. The Morgan fingerprint density at radius 2 is 1.60 bits per heavy atom. The third-order valence-corrected chi connectivity index (χ3v) is 5.30. The van der Waals surface area contributed by atoms with Crippen LogP contribution in [0.5, 0.6) is 0 Å². The number of nitrogen functional groups attached to an aromatic ring is 1. The van der Waals surface area contributed by atoms with Crippen LogP contribution < -0.4 is 11.1 Å². The highest BCUT2D eigenvalue weighted by Crippen LogP contribution is 2.37. The van der Waals surface area contributed by atoms with Crippen LogP contribution in [0, 0.1) is 13.8 Å². The fraction of sp³-hybridized carbons (Fsp3) is 0.111. The van der Waals surface area contributed by atoms with Crippen LogP contribution in [0.15, 0.2) is 89.3 Å². The van der Waals surface area contributed by atoms with Gasteiger partial charge in [-0.1, -0.05) is 23.6 Å². The molecule has 1 amide bonds. The molecule has 0 fully saturated rings. The molecule has 35 heavy (non-hydrogen) atoms. The molecule has 2 aromatic heterocycles. The van der Waals surface area contributed by atoms with E-state index >= 15 is 0 Å². The number of hydrogen-bond acceptors (Lipinski definition) is 4. The summed E-state index contributed by atoms with van der Waals surface area (Å²) in [6, 6.07) is 6.65. The lowest BCUT2D eigenvalue weighted by Crippen LogP contribution is -2.16. The molecule has 0 bridgehead atoms. The summed E-state index contributed by atoms with van der Waals surface area (Å²) in [5.74, 6) is -0.686. The molecule has 0 spiro atoms. The number of alkyl halides is 3. The number of nitrogens with two attached hydrogens (primary N) is 1. The van der Waals surface area contributed by atoms with Crippen LogP contribution >= 0.6 is 11.3 Å². The standard InChI is InChI=1S/C17H14F3N3OS.C10H4/c1-8-7-9(2)22-16-12(8)13(21)14(25-16)15(24)23-11-6-4-3-5-10(11)17(18,19)20;1-3-5-7-9-10-8-6-4-2/h3-7H,21H2,1-2H3,(H,23,24);1-2H2. The van der Waals surface area contributed by atoms with Crippen molar-refractivity contribution in [1.29, 1.82) is 0 Å². The lowest BCUT2D eigenvalue weighted by atomic mass is 10.1. The van der Waals surface area contributed by atoms with Crippen molar-refractivity contribution in [3.63, 3.8) is 0 Å². The van der Waals surface area contributed by atoms with Crippen molar-refractivity contribution in [2.24, 2.45) is 0 Å². The number of pyridine rings is 1. The van der Waals surface area contributed by atoms with Crippen LogP contribution in [-0.4, -0.2) is 10.9 Å². The number of thiophene rings is 1. The number of carbonyl (C=O) groups excluding carboxylic acids is 1. The van der Waals surface area contributed by atoms with Crippen molar-refractivity contribution in [3.05, 3.63) is 111 Å². The van der Waals surface area contributed by atoms with Crippen molar-refractivity contribution in [2.45, 2.75) is 20.0 Å². The summed E-state index contributed by atoms with van der Waals surface area (Å²) in [6.07, 6.45) is -4.56. The molecule has 0 aliphatic rings. The van der Waals surface area contributed by atoms with Crippen molar-refractivity contribution < 1.29 is 18.0 Å². The van der Waals surface area contributed by atoms with Crippen LogP contribution in [-0.2, 0) is 6.18 Å². The Kier molecular flexibility index (Phi) is 9.13. The van der Waals surface area contributed by atoms with Crippen LogP contribution in [0.2, 0.25) is 0 Å². The van der Waals surface area contributed by atoms with Gasteiger partial charge in [0.2, 0.25) is 0 Å². The first-order valence-electron chi connectivity index (χ1n) is 9.78. The van der Waals surface area contributed by atoms with E-state index in [9.17, 15) is 18.0 Å². The van der Waals surface area contributed by atoms with Gasteiger partial charge in [0, 0.05) is 11.1 Å². The van der Waals surface area contributed by atoms with E-state index in [2.05, 4.69) is 69.3 Å². The second kappa shape index (κ2) is 12.0. The topological polar surface area (TPSA) is 68.0 Å². The summed E-state index contributed by atoms with van der Waals surface area (Å²) < 4.78 is 39.2. The molecule has 0 unspecified atom stereocenters. The monoisotopic (exact) mass is 489 g/mol. The maximum absolute atomic E-state index is 13.1. The smallest absolute Gasteiger partial charge is 0.397 e. The number of nitrogens with zero attached hydrogens (tertiary/aromatic N) is 1. The Hall–Kier alpha value is -4.63. The van der Waals surface area contributed by atoms with E-state index in [1.807, 2.05) is 19.9 Å². The molecule has 0 aliphatic heterocycles. The number of fused-ring (bicyclic) bond motifs is 1. The summed E-state index contributed by atoms with van der Waals surface area (Å²) in [7, 11) is 0. The first-order chi connectivity index (χ1) is 16.6. The quantitative estimate of drug-likeness (QED) is 0.389. The molecule has 0 aliphatic carbocycles. The van der Waals surface area contributed by atoms with Gasteiger partial charge in [-0.3, -0.25) is 4.79 Å². The minimum Gasteiger partial charge on any atom is -0.397 e. The van der Waals surface area contributed by atoms with Gasteiger partial charge in [-0.05, 0) is 85.2 Å². The number of benzene rings is 1. The van der Waals surface area contributed by atoms with Crippen LogP contribution in [0.1, 0.15) is 26.5 Å². The average Bonchev–Trinajstić information content (AvgIpc) is 3.12. The number of hydrogen-bond donors (Lipinski definition) is 2. The Balaban J connectivity index is 0.000000367. The summed E-state index contributed by atoms with van der Waals surface area (Å²) in [4.78, 5) is 17.6. The molecule has 3 aromatic rings. The molecule has 0 radical (unpaired) electrons. The summed E-state index contributed by atoms with van der Waals surface area (Å²) >= 11 is 1.06. The minimum atomic E-state index is -4.56. The number of anilines is 2. The zero-order chi connectivity index (χ0) is 26.0. The molecule has 1 aromatic carbocycles. The van der Waals surface area contributed by atoms with E-state index in [4.69, 9.17) is 5.73 Å². The van der Waals surface area contributed by atoms with Gasteiger partial charge in [-0.25, -0.2) is 4.98 Å². The summed E-state index contributed by atoms with van der Waals surface area (Å²) in [6.45, 7) is 10.2. The van der Waals surface area contributed by atoms with Crippen molar-refractivity contribution in [3.8, 4) is 0 Å². The van der Waals surface area contributed by atoms with E-state index in [-0.39, 0.29) is 16.3 Å². The van der Waals surface area contributed by atoms with Crippen LogP contribution in [0.4, 0.5) is 24.5 Å². The van der Waals surface area contributed by atoms with E-state index in [0.717, 1.165) is 28.7 Å². The van der Waals surface area contributed by atoms with Gasteiger partial charge >= 0.3 is 6.18 Å². The lowest BCUT2D eigenvalue weighted by molar-refractivity contribution is -0.136. The Labute approximate surface area is 203 Å². The largest absolute Gasteiger partial charge is 0.418 e. The average molecular weight is 490 g/mol. The van der Waals surface area contributed by atoms with E-state index in [1.54, 1.807) is 0 Å². The zero-order valence-corrected chi connectivity index (χ0v) is 19.6. The number of amides is 1. The summed E-state index contributed by atoms with van der Waals surface area (Å²) in [5, 5.41) is 2.97. The number of carbonyl (C=O) groups is 1. The van der Waals surface area contributed by atoms with Crippen molar-refractivity contribution in [1.82, 2.24) is 4.98 Å². The Morgan fingerprint density at radius 1 is 1.03 bits per heavy atom. The van der Waals surface area contributed by atoms with E-state index in [1.165, 1.54) is 18.2 Å². The maximum atomic E-state index is 13.1. The number of nitrogens with one attached hydrogen (secondary N) is 1. The third-order valence-electron chi connectivity index (χ3n) is 4.20. The first kappa shape index (κ1) is 26.6. The van der Waals surface area contributed by atoms with Gasteiger partial charge in [0.1, 0.15) is 9.71 Å². The fourth-order valence-corrected chi connectivity index (χ4v) is 3.98. The normalized spacial score (nSPS) is 9.40. The molecule has 0 saturated heterocycles. The SMILES string of the molecule is C=C=C=C=C=C=C=C=C=C.Cc1cc(C)c2c(N)c(C(=O)Nc3ccccc3C(F)(F)F)sc2n1. The molecule has 0 atom stereocenters. The van der Waals surface area contributed by atoms with Gasteiger partial charge in [-0.2, -0.15) is 13.2 Å². The number of aromatic nitrogens is 1. The fourth-order valence-electron chi connectivity index (χ4n) is 2.87. The molecule has 4 nitrogen and oxygen atoms in total. The third kappa shape index (κ3) is 7.18.